The Balaban J connectivity index is 1.66. The molecule has 1 saturated carbocycles. The second-order valence-electron chi connectivity index (χ2n) is 7.89. The van der Waals surface area contributed by atoms with Crippen molar-refractivity contribution < 1.29 is 13.2 Å². The van der Waals surface area contributed by atoms with Crippen LogP contribution in [0.3, 0.4) is 0 Å². The minimum atomic E-state index is -3.70. The van der Waals surface area contributed by atoms with Crippen molar-refractivity contribution in [3.05, 3.63) is 53.1 Å². The molecule has 1 heterocycles. The second-order valence-corrected chi connectivity index (χ2v) is 9.58. The highest BCUT2D eigenvalue weighted by Gasteiger charge is 2.39. The summed E-state index contributed by atoms with van der Waals surface area (Å²) in [5.74, 6) is 0.319. The monoisotopic (exact) mass is 398 g/mol. The zero-order valence-electron chi connectivity index (χ0n) is 16.5. The number of sulfonamides is 1. The van der Waals surface area contributed by atoms with E-state index in [-0.39, 0.29) is 22.8 Å². The number of nitrogens with zero attached hydrogens (tertiary/aromatic N) is 1. The SMILES string of the molecule is CCc1cccc(C)c1NS(=O)(=O)c1ccc2c(c1)C[C@@H](C)N2C(=O)C1CC1. The van der Waals surface area contributed by atoms with E-state index in [4.69, 9.17) is 0 Å². The van der Waals surface area contributed by atoms with E-state index in [9.17, 15) is 13.2 Å². The summed E-state index contributed by atoms with van der Waals surface area (Å²) in [4.78, 5) is 14.7. The average molecular weight is 399 g/mol. The summed E-state index contributed by atoms with van der Waals surface area (Å²) < 4.78 is 28.9. The molecular weight excluding hydrogens is 372 g/mol. The first-order chi connectivity index (χ1) is 13.3. The number of anilines is 2. The van der Waals surface area contributed by atoms with E-state index in [0.29, 0.717) is 12.1 Å². The molecule has 0 spiro atoms. The van der Waals surface area contributed by atoms with Gasteiger partial charge in [0.05, 0.1) is 10.6 Å². The standard InChI is InChI=1S/C22H26N2O3S/c1-4-16-7-5-6-14(2)21(16)23-28(26,27)19-10-11-20-18(13-19)12-15(3)24(20)22(25)17-8-9-17/h5-7,10-11,13,15,17,23H,4,8-9,12H2,1-3H3/t15-/m1/s1. The third kappa shape index (κ3) is 3.30. The molecule has 2 aromatic carbocycles. The van der Waals surface area contributed by atoms with E-state index < -0.39 is 10.0 Å². The number of para-hydroxylation sites is 1. The fourth-order valence-electron chi connectivity index (χ4n) is 4.00. The number of benzene rings is 2. The first-order valence-corrected chi connectivity index (χ1v) is 11.4. The molecule has 1 atom stereocenters. The number of carbonyl (C=O) groups is 1. The number of carbonyl (C=O) groups excluding carboxylic acids is 1. The fraction of sp³-hybridized carbons (Fsp3) is 0.409. The lowest BCUT2D eigenvalue weighted by Crippen LogP contribution is -2.36. The van der Waals surface area contributed by atoms with Crippen molar-refractivity contribution in [2.75, 3.05) is 9.62 Å². The Hall–Kier alpha value is -2.34. The molecule has 0 saturated heterocycles. The van der Waals surface area contributed by atoms with Gasteiger partial charge in [0.1, 0.15) is 0 Å². The fourth-order valence-corrected chi connectivity index (χ4v) is 5.22. The molecule has 1 aliphatic heterocycles. The summed E-state index contributed by atoms with van der Waals surface area (Å²) >= 11 is 0. The van der Waals surface area contributed by atoms with Gasteiger partial charge in [-0.1, -0.05) is 25.1 Å². The van der Waals surface area contributed by atoms with Crippen LogP contribution < -0.4 is 9.62 Å². The molecule has 1 aliphatic carbocycles. The molecule has 1 fully saturated rings. The van der Waals surface area contributed by atoms with Gasteiger partial charge in [-0.15, -0.1) is 0 Å². The molecule has 1 amide bonds. The van der Waals surface area contributed by atoms with E-state index >= 15 is 0 Å². The van der Waals surface area contributed by atoms with Crippen molar-refractivity contribution in [3.63, 3.8) is 0 Å². The highest BCUT2D eigenvalue weighted by Crippen LogP contribution is 2.39. The van der Waals surface area contributed by atoms with Crippen molar-refractivity contribution in [1.29, 1.82) is 0 Å². The number of nitrogens with one attached hydrogen (secondary N) is 1. The van der Waals surface area contributed by atoms with E-state index in [1.165, 1.54) is 0 Å². The van der Waals surface area contributed by atoms with Crippen molar-refractivity contribution in [2.45, 2.75) is 57.4 Å². The summed E-state index contributed by atoms with van der Waals surface area (Å²) in [5, 5.41) is 0. The first kappa shape index (κ1) is 19.0. The molecular formula is C22H26N2O3S. The van der Waals surface area contributed by atoms with Gasteiger partial charge in [0.15, 0.2) is 0 Å². The Bertz CT molecular complexity index is 1040. The summed E-state index contributed by atoms with van der Waals surface area (Å²) in [7, 11) is -3.70. The van der Waals surface area contributed by atoms with Gasteiger partial charge in [-0.05, 0) is 74.4 Å². The Morgan fingerprint density at radius 3 is 2.64 bits per heavy atom. The average Bonchev–Trinajstić information content (AvgIpc) is 3.44. The molecule has 0 aromatic heterocycles. The summed E-state index contributed by atoms with van der Waals surface area (Å²) in [6, 6.07) is 11.0. The molecule has 2 aliphatic rings. The van der Waals surface area contributed by atoms with Crippen molar-refractivity contribution in [3.8, 4) is 0 Å². The van der Waals surface area contributed by atoms with Gasteiger partial charge in [0, 0.05) is 17.6 Å². The van der Waals surface area contributed by atoms with E-state index in [1.807, 2.05) is 43.9 Å². The van der Waals surface area contributed by atoms with E-state index in [2.05, 4.69) is 4.72 Å². The number of aryl methyl sites for hydroxylation is 2. The van der Waals surface area contributed by atoms with Gasteiger partial charge in [0.2, 0.25) is 5.91 Å². The van der Waals surface area contributed by atoms with Crippen LogP contribution >= 0.6 is 0 Å². The molecule has 1 N–H and O–H groups in total. The van der Waals surface area contributed by atoms with Gasteiger partial charge in [0.25, 0.3) is 10.0 Å². The quantitative estimate of drug-likeness (QED) is 0.826. The Morgan fingerprint density at radius 2 is 1.96 bits per heavy atom. The molecule has 0 bridgehead atoms. The minimum absolute atomic E-state index is 0.0667. The van der Waals surface area contributed by atoms with Gasteiger partial charge in [-0.3, -0.25) is 9.52 Å². The van der Waals surface area contributed by atoms with Crippen molar-refractivity contribution in [2.24, 2.45) is 5.92 Å². The van der Waals surface area contributed by atoms with Crippen LogP contribution in [0.5, 0.6) is 0 Å². The number of amides is 1. The van der Waals surface area contributed by atoms with Crippen molar-refractivity contribution >= 4 is 27.3 Å². The Labute approximate surface area is 166 Å². The Kier molecular flexibility index (Phi) is 4.70. The maximum atomic E-state index is 13.0. The largest absolute Gasteiger partial charge is 0.309 e. The van der Waals surface area contributed by atoms with Crippen LogP contribution in [0.2, 0.25) is 0 Å². The minimum Gasteiger partial charge on any atom is -0.309 e. The van der Waals surface area contributed by atoms with Crippen LogP contribution in [-0.4, -0.2) is 20.4 Å². The Morgan fingerprint density at radius 1 is 1.21 bits per heavy atom. The van der Waals surface area contributed by atoms with Crippen LogP contribution in [-0.2, 0) is 27.7 Å². The normalized spacial score (nSPS) is 18.8. The van der Waals surface area contributed by atoms with Crippen LogP contribution in [0.15, 0.2) is 41.3 Å². The summed E-state index contributed by atoms with van der Waals surface area (Å²) in [6.45, 7) is 5.94. The van der Waals surface area contributed by atoms with Crippen LogP contribution in [0.4, 0.5) is 11.4 Å². The van der Waals surface area contributed by atoms with E-state index in [1.54, 1.807) is 18.2 Å². The number of rotatable bonds is 5. The number of hydrogen-bond donors (Lipinski definition) is 1. The van der Waals surface area contributed by atoms with E-state index in [0.717, 1.165) is 41.6 Å². The van der Waals surface area contributed by atoms with Gasteiger partial charge >= 0.3 is 0 Å². The predicted octanol–water partition coefficient (Wildman–Crippen LogP) is 4.05. The topological polar surface area (TPSA) is 66.5 Å². The lowest BCUT2D eigenvalue weighted by molar-refractivity contribution is -0.120. The van der Waals surface area contributed by atoms with Crippen LogP contribution in [0.1, 0.15) is 43.4 Å². The summed E-state index contributed by atoms with van der Waals surface area (Å²) in [6.07, 6.45) is 3.36. The molecule has 4 rings (SSSR count). The number of fused-ring (bicyclic) bond motifs is 1. The molecule has 2 aromatic rings. The lowest BCUT2D eigenvalue weighted by Gasteiger charge is -2.22. The third-order valence-electron chi connectivity index (χ3n) is 5.72. The zero-order chi connectivity index (χ0) is 20.1. The maximum absolute atomic E-state index is 13.0. The first-order valence-electron chi connectivity index (χ1n) is 9.89. The number of hydrogen-bond acceptors (Lipinski definition) is 3. The zero-order valence-corrected chi connectivity index (χ0v) is 17.3. The predicted molar refractivity (Wildman–Crippen MR) is 111 cm³/mol. The van der Waals surface area contributed by atoms with Gasteiger partial charge < -0.3 is 4.90 Å². The highest BCUT2D eigenvalue weighted by molar-refractivity contribution is 7.92. The molecule has 0 radical (unpaired) electrons. The summed E-state index contributed by atoms with van der Waals surface area (Å²) in [5.41, 5.74) is 4.31. The second kappa shape index (κ2) is 6.92. The molecule has 5 nitrogen and oxygen atoms in total. The maximum Gasteiger partial charge on any atom is 0.261 e. The lowest BCUT2D eigenvalue weighted by atomic mass is 10.1. The molecule has 6 heteroatoms. The van der Waals surface area contributed by atoms with Crippen LogP contribution in [0, 0.1) is 12.8 Å². The molecule has 148 valence electrons. The molecule has 0 unspecified atom stereocenters. The highest BCUT2D eigenvalue weighted by atomic mass is 32.2. The van der Waals surface area contributed by atoms with Crippen LogP contribution in [0.25, 0.3) is 0 Å². The third-order valence-corrected chi connectivity index (χ3v) is 7.06. The van der Waals surface area contributed by atoms with Crippen molar-refractivity contribution in [1.82, 2.24) is 0 Å². The molecule has 28 heavy (non-hydrogen) atoms. The van der Waals surface area contributed by atoms with Gasteiger partial charge in [-0.2, -0.15) is 0 Å². The van der Waals surface area contributed by atoms with Gasteiger partial charge in [-0.25, -0.2) is 8.42 Å². The smallest absolute Gasteiger partial charge is 0.261 e.